The molecular formula is C20H20N2O3. The van der Waals surface area contributed by atoms with Gasteiger partial charge in [0.05, 0.1) is 11.3 Å². The van der Waals surface area contributed by atoms with E-state index in [1.807, 2.05) is 32.0 Å². The number of aryl methyl sites for hydroxylation is 2. The lowest BCUT2D eigenvalue weighted by molar-refractivity contribution is -0.118. The molecule has 128 valence electrons. The van der Waals surface area contributed by atoms with Gasteiger partial charge in [0.2, 0.25) is 0 Å². The Labute approximate surface area is 146 Å². The first-order valence-corrected chi connectivity index (χ1v) is 8.23. The number of aromatic nitrogens is 1. The molecule has 1 N–H and O–H groups in total. The predicted octanol–water partition coefficient (Wildman–Crippen LogP) is 3.58. The van der Waals surface area contributed by atoms with Crippen LogP contribution in [0.15, 0.2) is 53.9 Å². The molecule has 0 fully saturated rings. The number of rotatable bonds is 4. The van der Waals surface area contributed by atoms with Gasteiger partial charge in [-0.15, -0.1) is 0 Å². The molecule has 1 aliphatic heterocycles. The Morgan fingerprint density at radius 1 is 1.24 bits per heavy atom. The number of carbonyl (C=O) groups is 2. The summed E-state index contributed by atoms with van der Waals surface area (Å²) in [6, 6.07) is 10.3. The highest BCUT2D eigenvalue weighted by Crippen LogP contribution is 2.41. The quantitative estimate of drug-likeness (QED) is 0.926. The van der Waals surface area contributed by atoms with E-state index in [4.69, 9.17) is 0 Å². The summed E-state index contributed by atoms with van der Waals surface area (Å²) in [4.78, 5) is 31.0. The second-order valence-electron chi connectivity index (χ2n) is 6.16. The fraction of sp³-hybridized carbons (Fsp3) is 0.250. The predicted molar refractivity (Wildman–Crippen MR) is 95.3 cm³/mol. The maximum atomic E-state index is 12.8. The highest BCUT2D eigenvalue weighted by molar-refractivity contribution is 6.16. The van der Waals surface area contributed by atoms with Crippen LogP contribution in [0.1, 0.15) is 36.2 Å². The normalized spacial score (nSPS) is 17.3. The molecule has 1 aromatic heterocycles. The fourth-order valence-corrected chi connectivity index (χ4v) is 3.22. The monoisotopic (exact) mass is 336 g/mol. The van der Waals surface area contributed by atoms with Gasteiger partial charge in [-0.1, -0.05) is 30.7 Å². The van der Waals surface area contributed by atoms with Crippen molar-refractivity contribution in [2.75, 3.05) is 4.90 Å². The van der Waals surface area contributed by atoms with Gasteiger partial charge in [-0.3, -0.25) is 19.5 Å². The first-order chi connectivity index (χ1) is 12.0. The molecule has 5 heteroatoms. The van der Waals surface area contributed by atoms with Gasteiger partial charge in [0.1, 0.15) is 6.04 Å². The Morgan fingerprint density at radius 3 is 2.60 bits per heavy atom. The Bertz CT molecular complexity index is 872. The molecule has 0 spiro atoms. The number of hydrogen-bond donors (Lipinski definition) is 1. The first-order valence-electron chi connectivity index (χ1n) is 8.23. The molecule has 1 atom stereocenters. The van der Waals surface area contributed by atoms with Crippen LogP contribution in [-0.4, -0.2) is 21.8 Å². The average molecular weight is 336 g/mol. The van der Waals surface area contributed by atoms with Crippen LogP contribution in [0.2, 0.25) is 0 Å². The van der Waals surface area contributed by atoms with Gasteiger partial charge in [-0.05, 0) is 37.6 Å². The number of anilines is 1. The molecule has 1 aromatic carbocycles. The summed E-state index contributed by atoms with van der Waals surface area (Å²) in [5.74, 6) is -1.31. The second-order valence-corrected chi connectivity index (χ2v) is 6.16. The number of aliphatic hydroxyl groups excluding tert-OH is 1. The highest BCUT2D eigenvalue weighted by atomic mass is 16.3. The minimum absolute atomic E-state index is 0.117. The van der Waals surface area contributed by atoms with E-state index in [2.05, 4.69) is 4.98 Å². The lowest BCUT2D eigenvalue weighted by atomic mass is 9.97. The van der Waals surface area contributed by atoms with Gasteiger partial charge in [-0.25, -0.2) is 0 Å². The Kier molecular flexibility index (Phi) is 4.40. The van der Waals surface area contributed by atoms with Gasteiger partial charge < -0.3 is 5.11 Å². The van der Waals surface area contributed by atoms with Crippen LogP contribution in [0.3, 0.4) is 0 Å². The third kappa shape index (κ3) is 2.82. The number of benzene rings is 1. The number of pyridine rings is 1. The molecule has 0 saturated carbocycles. The summed E-state index contributed by atoms with van der Waals surface area (Å²) in [6.07, 6.45) is 1.82. The Hall–Kier alpha value is -2.95. The van der Waals surface area contributed by atoms with Gasteiger partial charge in [0.25, 0.3) is 5.91 Å². The third-order valence-corrected chi connectivity index (χ3v) is 4.41. The Balaban J connectivity index is 2.20. The number of amides is 1. The second kappa shape index (κ2) is 6.51. The smallest absolute Gasteiger partial charge is 0.294 e. The molecule has 0 bridgehead atoms. The summed E-state index contributed by atoms with van der Waals surface area (Å²) < 4.78 is 0. The molecule has 5 nitrogen and oxygen atoms in total. The minimum Gasteiger partial charge on any atom is -0.503 e. The molecule has 0 radical (unpaired) electrons. The Morgan fingerprint density at radius 2 is 2.00 bits per heavy atom. The number of carbonyl (C=O) groups excluding carboxylic acids is 2. The fourth-order valence-electron chi connectivity index (χ4n) is 3.22. The van der Waals surface area contributed by atoms with E-state index >= 15 is 0 Å². The summed E-state index contributed by atoms with van der Waals surface area (Å²) in [6.45, 7) is 5.59. The van der Waals surface area contributed by atoms with Crippen molar-refractivity contribution in [1.29, 1.82) is 0 Å². The van der Waals surface area contributed by atoms with E-state index in [0.29, 0.717) is 11.4 Å². The van der Waals surface area contributed by atoms with Crippen LogP contribution in [0.4, 0.5) is 5.69 Å². The van der Waals surface area contributed by atoms with E-state index in [-0.39, 0.29) is 17.8 Å². The standard InChI is InChI=1S/C20H20N2O3/c1-4-16(23)17-18(14-7-5-6-10-21-14)22(20(25)19(17)24)15-9-8-12(2)11-13(15)3/h5-11,18,24H,4H2,1-3H3. The van der Waals surface area contributed by atoms with Crippen molar-refractivity contribution in [2.45, 2.75) is 33.2 Å². The molecular weight excluding hydrogens is 316 g/mol. The summed E-state index contributed by atoms with van der Waals surface area (Å²) in [7, 11) is 0. The minimum atomic E-state index is -0.720. The SMILES string of the molecule is CCC(=O)C1=C(O)C(=O)N(c2ccc(C)cc2C)C1c1ccccn1. The van der Waals surface area contributed by atoms with Crippen molar-refractivity contribution in [3.8, 4) is 0 Å². The molecule has 0 aliphatic carbocycles. The number of Topliss-reactive ketones (excluding diaryl/α,β-unsaturated/α-hetero) is 1. The largest absolute Gasteiger partial charge is 0.503 e. The topological polar surface area (TPSA) is 70.5 Å². The lowest BCUT2D eigenvalue weighted by Crippen LogP contribution is -2.32. The van der Waals surface area contributed by atoms with E-state index in [1.54, 1.807) is 31.3 Å². The molecule has 2 heterocycles. The number of aliphatic hydroxyl groups is 1. The van der Waals surface area contributed by atoms with Gasteiger partial charge >= 0.3 is 0 Å². The van der Waals surface area contributed by atoms with Gasteiger partial charge in [0, 0.05) is 18.3 Å². The number of ketones is 1. The first kappa shape index (κ1) is 16.9. The third-order valence-electron chi connectivity index (χ3n) is 4.41. The van der Waals surface area contributed by atoms with Crippen LogP contribution in [0.5, 0.6) is 0 Å². The van der Waals surface area contributed by atoms with Crippen LogP contribution in [0, 0.1) is 13.8 Å². The molecule has 1 amide bonds. The zero-order chi connectivity index (χ0) is 18.1. The number of nitrogens with zero attached hydrogens (tertiary/aromatic N) is 2. The zero-order valence-corrected chi connectivity index (χ0v) is 14.5. The van der Waals surface area contributed by atoms with Crippen molar-refractivity contribution < 1.29 is 14.7 Å². The molecule has 0 saturated heterocycles. The maximum Gasteiger partial charge on any atom is 0.294 e. The summed E-state index contributed by atoms with van der Waals surface area (Å²) in [5, 5.41) is 10.4. The van der Waals surface area contributed by atoms with E-state index < -0.39 is 17.7 Å². The van der Waals surface area contributed by atoms with Crippen LogP contribution in [0.25, 0.3) is 0 Å². The van der Waals surface area contributed by atoms with Crippen LogP contribution >= 0.6 is 0 Å². The summed E-state index contributed by atoms with van der Waals surface area (Å²) >= 11 is 0. The molecule has 25 heavy (non-hydrogen) atoms. The van der Waals surface area contributed by atoms with Crippen molar-refractivity contribution in [3.63, 3.8) is 0 Å². The average Bonchev–Trinajstić information content (AvgIpc) is 2.87. The molecule has 2 aromatic rings. The zero-order valence-electron chi connectivity index (χ0n) is 14.5. The maximum absolute atomic E-state index is 12.8. The van der Waals surface area contributed by atoms with Crippen molar-refractivity contribution in [1.82, 2.24) is 4.98 Å². The van der Waals surface area contributed by atoms with Gasteiger partial charge in [0.15, 0.2) is 11.5 Å². The molecule has 1 unspecified atom stereocenters. The van der Waals surface area contributed by atoms with Crippen LogP contribution < -0.4 is 4.90 Å². The molecule has 3 rings (SSSR count). The number of hydrogen-bond acceptors (Lipinski definition) is 4. The van der Waals surface area contributed by atoms with Crippen LogP contribution in [-0.2, 0) is 9.59 Å². The van der Waals surface area contributed by atoms with E-state index in [0.717, 1.165) is 11.1 Å². The van der Waals surface area contributed by atoms with E-state index in [9.17, 15) is 14.7 Å². The summed E-state index contributed by atoms with van der Waals surface area (Å²) in [5.41, 5.74) is 3.30. The van der Waals surface area contributed by atoms with Crippen molar-refractivity contribution >= 4 is 17.4 Å². The molecule has 1 aliphatic rings. The lowest BCUT2D eigenvalue weighted by Gasteiger charge is -2.27. The van der Waals surface area contributed by atoms with Gasteiger partial charge in [-0.2, -0.15) is 0 Å². The van der Waals surface area contributed by atoms with Crippen molar-refractivity contribution in [3.05, 3.63) is 70.7 Å². The highest BCUT2D eigenvalue weighted by Gasteiger charge is 2.44. The van der Waals surface area contributed by atoms with Crippen molar-refractivity contribution in [2.24, 2.45) is 0 Å². The van der Waals surface area contributed by atoms with E-state index in [1.165, 1.54) is 4.90 Å².